The van der Waals surface area contributed by atoms with Crippen molar-refractivity contribution < 1.29 is 9.53 Å². The topological polar surface area (TPSA) is 105 Å². The highest BCUT2D eigenvalue weighted by atomic mass is 35.5. The second kappa shape index (κ2) is 8.35. The Labute approximate surface area is 179 Å². The molecule has 0 aromatic carbocycles. The number of nitrogens with one attached hydrogen (secondary N) is 3. The largest absolute Gasteiger partial charge is 0.473 e. The van der Waals surface area contributed by atoms with E-state index >= 15 is 0 Å². The molecule has 4 rings (SSSR count). The number of ether oxygens (including phenoxy) is 1. The molecule has 0 radical (unpaired) electrons. The Kier molecular flexibility index (Phi) is 5.63. The Morgan fingerprint density at radius 3 is 2.77 bits per heavy atom. The lowest BCUT2D eigenvalue weighted by Gasteiger charge is -2.26. The monoisotopic (exact) mass is 429 g/mol. The molecule has 0 unspecified atom stereocenters. The van der Waals surface area contributed by atoms with Crippen molar-refractivity contribution in [2.45, 2.75) is 45.3 Å². The lowest BCUT2D eigenvalue weighted by molar-refractivity contribution is 0.0918. The normalized spacial score (nSPS) is 13.9. The van der Waals surface area contributed by atoms with E-state index in [0.717, 1.165) is 19.3 Å². The van der Waals surface area contributed by atoms with Crippen LogP contribution in [0, 0.1) is 0 Å². The quantitative estimate of drug-likeness (QED) is 0.526. The summed E-state index contributed by atoms with van der Waals surface area (Å²) >= 11 is 6.13. The minimum absolute atomic E-state index is 0.0563. The predicted octanol–water partition coefficient (Wildman–Crippen LogP) is 3.63. The van der Waals surface area contributed by atoms with E-state index in [1.807, 2.05) is 13.8 Å². The van der Waals surface area contributed by atoms with Gasteiger partial charge in [0.15, 0.2) is 5.65 Å². The van der Waals surface area contributed by atoms with Crippen molar-refractivity contribution in [3.63, 3.8) is 0 Å². The second-order valence-electron chi connectivity index (χ2n) is 7.47. The molecule has 0 atom stereocenters. The van der Waals surface area contributed by atoms with Gasteiger partial charge in [0, 0.05) is 25.4 Å². The van der Waals surface area contributed by atoms with E-state index in [9.17, 15) is 4.79 Å². The average molecular weight is 430 g/mol. The maximum Gasteiger partial charge on any atom is 0.256 e. The number of anilines is 3. The van der Waals surface area contributed by atoms with Crippen molar-refractivity contribution in [3.05, 3.63) is 35.1 Å². The molecule has 30 heavy (non-hydrogen) atoms. The first-order valence-electron chi connectivity index (χ1n) is 9.91. The van der Waals surface area contributed by atoms with Crippen LogP contribution in [-0.4, -0.2) is 44.7 Å². The third-order valence-electron chi connectivity index (χ3n) is 4.84. The zero-order chi connectivity index (χ0) is 21.3. The molecule has 10 heteroatoms. The summed E-state index contributed by atoms with van der Waals surface area (Å²) in [5.41, 5.74) is 1.45. The summed E-state index contributed by atoms with van der Waals surface area (Å²) in [6.45, 7) is 3.84. The van der Waals surface area contributed by atoms with E-state index in [-0.39, 0.29) is 18.1 Å². The van der Waals surface area contributed by atoms with Crippen LogP contribution in [0.15, 0.2) is 24.5 Å². The van der Waals surface area contributed by atoms with Gasteiger partial charge in [-0.25, -0.2) is 9.97 Å². The Bertz CT molecular complexity index is 1080. The second-order valence-corrected chi connectivity index (χ2v) is 7.91. The van der Waals surface area contributed by atoms with E-state index in [0.29, 0.717) is 39.4 Å². The number of aromatic nitrogens is 4. The molecular weight excluding hydrogens is 406 g/mol. The summed E-state index contributed by atoms with van der Waals surface area (Å²) in [5, 5.41) is 14.1. The van der Waals surface area contributed by atoms with Crippen LogP contribution in [0.25, 0.3) is 5.65 Å². The summed E-state index contributed by atoms with van der Waals surface area (Å²) in [6.07, 6.45) is 6.17. The molecule has 0 spiro atoms. The van der Waals surface area contributed by atoms with Crippen LogP contribution < -0.4 is 20.7 Å². The molecule has 1 amide bonds. The Balaban J connectivity index is 1.70. The van der Waals surface area contributed by atoms with Crippen molar-refractivity contribution in [2.24, 2.45) is 0 Å². The number of carbonyl (C=O) groups excluding carboxylic acids is 1. The summed E-state index contributed by atoms with van der Waals surface area (Å²) in [5.74, 6) is 1.42. The van der Waals surface area contributed by atoms with Crippen molar-refractivity contribution in [2.75, 3.05) is 17.7 Å². The molecule has 3 aromatic rings. The first-order valence-corrected chi connectivity index (χ1v) is 10.3. The third kappa shape index (κ3) is 4.11. The van der Waals surface area contributed by atoms with E-state index in [2.05, 4.69) is 31.0 Å². The molecule has 1 saturated carbocycles. The van der Waals surface area contributed by atoms with Crippen LogP contribution in [-0.2, 0) is 0 Å². The first-order chi connectivity index (χ1) is 14.4. The fourth-order valence-electron chi connectivity index (χ4n) is 3.15. The number of carbonyl (C=O) groups is 1. The maximum atomic E-state index is 12.7. The van der Waals surface area contributed by atoms with Crippen molar-refractivity contribution in [1.82, 2.24) is 24.9 Å². The van der Waals surface area contributed by atoms with Crippen LogP contribution >= 0.6 is 11.6 Å². The van der Waals surface area contributed by atoms with Gasteiger partial charge in [0.2, 0.25) is 5.88 Å². The number of pyridine rings is 1. The van der Waals surface area contributed by atoms with E-state index < -0.39 is 0 Å². The lowest BCUT2D eigenvalue weighted by atomic mass is 9.93. The van der Waals surface area contributed by atoms with E-state index in [1.54, 1.807) is 23.7 Å². The minimum atomic E-state index is -0.172. The fraction of sp³-hybridized carbons (Fsp3) is 0.400. The highest BCUT2D eigenvalue weighted by molar-refractivity contribution is 6.30. The fourth-order valence-corrected chi connectivity index (χ4v) is 3.31. The molecule has 1 fully saturated rings. The Morgan fingerprint density at radius 2 is 2.10 bits per heavy atom. The van der Waals surface area contributed by atoms with Crippen LogP contribution in [0.1, 0.15) is 43.5 Å². The van der Waals surface area contributed by atoms with Gasteiger partial charge in [0.05, 0.1) is 17.3 Å². The molecule has 9 nitrogen and oxygen atoms in total. The van der Waals surface area contributed by atoms with Crippen LogP contribution in [0.5, 0.6) is 5.88 Å². The standard InChI is InChI=1S/C20H24ClN7O2/c1-11(2)30-20-15(7-12(21)9-23-20)26-16-8-17(22-3)28-18(27-16)14(10-24-28)19(29)25-13-5-4-6-13/h7-11,13,22H,4-6H2,1-3H3,(H,25,29)(H,26,27). The minimum Gasteiger partial charge on any atom is -0.473 e. The van der Waals surface area contributed by atoms with E-state index in [1.165, 1.54) is 12.4 Å². The third-order valence-corrected chi connectivity index (χ3v) is 5.05. The average Bonchev–Trinajstić information content (AvgIpc) is 3.10. The summed E-state index contributed by atoms with van der Waals surface area (Å²) in [6, 6.07) is 3.73. The SMILES string of the molecule is CNc1cc(Nc2cc(Cl)cnc2OC(C)C)nc2c(C(=O)NC3CCC3)cnn12. The lowest BCUT2D eigenvalue weighted by Crippen LogP contribution is -2.39. The van der Waals surface area contributed by atoms with Gasteiger partial charge in [-0.1, -0.05) is 11.6 Å². The van der Waals surface area contributed by atoms with Gasteiger partial charge in [0.25, 0.3) is 5.91 Å². The molecular formula is C20H24ClN7O2. The predicted molar refractivity (Wildman–Crippen MR) is 116 cm³/mol. The molecule has 158 valence electrons. The van der Waals surface area contributed by atoms with E-state index in [4.69, 9.17) is 16.3 Å². The number of halogens is 1. The van der Waals surface area contributed by atoms with Gasteiger partial charge in [-0.15, -0.1) is 0 Å². The van der Waals surface area contributed by atoms with Gasteiger partial charge in [-0.2, -0.15) is 9.61 Å². The van der Waals surface area contributed by atoms with Crippen LogP contribution in [0.2, 0.25) is 5.02 Å². The highest BCUT2D eigenvalue weighted by Crippen LogP contribution is 2.30. The number of hydrogen-bond donors (Lipinski definition) is 3. The number of hydrogen-bond acceptors (Lipinski definition) is 7. The van der Waals surface area contributed by atoms with Crippen LogP contribution in [0.4, 0.5) is 17.3 Å². The molecule has 1 aliphatic carbocycles. The van der Waals surface area contributed by atoms with Gasteiger partial charge in [-0.05, 0) is 39.2 Å². The van der Waals surface area contributed by atoms with Gasteiger partial charge in [-0.3, -0.25) is 4.79 Å². The molecule has 3 heterocycles. The summed E-state index contributed by atoms with van der Waals surface area (Å²) in [7, 11) is 1.78. The molecule has 3 N–H and O–H groups in total. The first kappa shape index (κ1) is 20.2. The molecule has 1 aliphatic rings. The molecule has 3 aromatic heterocycles. The van der Waals surface area contributed by atoms with Crippen molar-refractivity contribution in [3.8, 4) is 5.88 Å². The Morgan fingerprint density at radius 1 is 1.30 bits per heavy atom. The highest BCUT2D eigenvalue weighted by Gasteiger charge is 2.23. The van der Waals surface area contributed by atoms with Gasteiger partial charge >= 0.3 is 0 Å². The van der Waals surface area contributed by atoms with Gasteiger partial charge in [0.1, 0.15) is 22.9 Å². The zero-order valence-corrected chi connectivity index (χ0v) is 17.8. The summed E-state index contributed by atoms with van der Waals surface area (Å²) in [4.78, 5) is 21.6. The maximum absolute atomic E-state index is 12.7. The molecule has 0 saturated heterocycles. The van der Waals surface area contributed by atoms with Crippen molar-refractivity contribution >= 4 is 40.5 Å². The van der Waals surface area contributed by atoms with Crippen molar-refractivity contribution in [1.29, 1.82) is 0 Å². The number of amides is 1. The number of nitrogens with zero attached hydrogens (tertiary/aromatic N) is 4. The number of rotatable bonds is 7. The zero-order valence-electron chi connectivity index (χ0n) is 17.1. The van der Waals surface area contributed by atoms with Gasteiger partial charge < -0.3 is 20.7 Å². The smallest absolute Gasteiger partial charge is 0.256 e. The molecule has 0 aliphatic heterocycles. The Hall–Kier alpha value is -3.07. The summed E-state index contributed by atoms with van der Waals surface area (Å²) < 4.78 is 7.37. The molecule has 0 bridgehead atoms. The van der Waals surface area contributed by atoms with Crippen LogP contribution in [0.3, 0.4) is 0 Å². The number of fused-ring (bicyclic) bond motifs is 1.